The van der Waals surface area contributed by atoms with Gasteiger partial charge in [0.1, 0.15) is 5.75 Å². The van der Waals surface area contributed by atoms with Gasteiger partial charge in [0.15, 0.2) is 0 Å². The van der Waals surface area contributed by atoms with Gasteiger partial charge < -0.3 is 4.74 Å². The van der Waals surface area contributed by atoms with Crippen LogP contribution < -0.4 is 4.74 Å². The summed E-state index contributed by atoms with van der Waals surface area (Å²) in [5.41, 5.74) is 3.42. The number of nitrogens with zero attached hydrogens (tertiary/aromatic N) is 2. The maximum Gasteiger partial charge on any atom is 0.345 e. The first-order chi connectivity index (χ1) is 13.5. The minimum absolute atomic E-state index is 0.148. The average molecular weight is 377 g/mol. The highest BCUT2D eigenvalue weighted by Crippen LogP contribution is 2.50. The summed E-state index contributed by atoms with van der Waals surface area (Å²) in [7, 11) is 0. The highest BCUT2D eigenvalue weighted by atomic mass is 16.5. The zero-order valence-electron chi connectivity index (χ0n) is 16.7. The van der Waals surface area contributed by atoms with Gasteiger partial charge in [-0.05, 0) is 84.9 Å². The Bertz CT molecular complexity index is 893. The van der Waals surface area contributed by atoms with Gasteiger partial charge in [0.25, 0.3) is 0 Å². The predicted molar refractivity (Wildman–Crippen MR) is 109 cm³/mol. The van der Waals surface area contributed by atoms with Crippen LogP contribution in [0.3, 0.4) is 0 Å². The largest absolute Gasteiger partial charge is 0.423 e. The SMILES string of the molecule is C[C@H]1C2Cc3ccc(OC(=O)c4cccnc4)cc3[C@@]1(C)CCN2CC1CC1. The fourth-order valence-corrected chi connectivity index (χ4v) is 5.26. The highest BCUT2D eigenvalue weighted by Gasteiger charge is 2.49. The molecule has 0 spiro atoms. The normalized spacial score (nSPS) is 29.2. The smallest absolute Gasteiger partial charge is 0.345 e. The lowest BCUT2D eigenvalue weighted by molar-refractivity contribution is 0.0282. The third-order valence-corrected chi connectivity index (χ3v) is 7.39. The molecule has 3 atom stereocenters. The van der Waals surface area contributed by atoms with E-state index in [2.05, 4.69) is 35.9 Å². The molecule has 2 aliphatic carbocycles. The van der Waals surface area contributed by atoms with Crippen molar-refractivity contribution < 1.29 is 9.53 Å². The van der Waals surface area contributed by atoms with Gasteiger partial charge in [0.2, 0.25) is 0 Å². The molecule has 2 fully saturated rings. The lowest BCUT2D eigenvalue weighted by atomic mass is 9.59. The second-order valence-corrected chi connectivity index (χ2v) is 9.12. The van der Waals surface area contributed by atoms with Crippen molar-refractivity contribution in [2.45, 2.75) is 51.0 Å². The van der Waals surface area contributed by atoms with Gasteiger partial charge in [-0.2, -0.15) is 0 Å². The van der Waals surface area contributed by atoms with Crippen molar-refractivity contribution in [2.75, 3.05) is 13.1 Å². The number of hydrogen-bond donors (Lipinski definition) is 0. The number of esters is 1. The van der Waals surface area contributed by atoms with Crippen molar-refractivity contribution in [3.05, 3.63) is 59.4 Å². The van der Waals surface area contributed by atoms with Crippen LogP contribution in [0.1, 0.15) is 54.6 Å². The maximum absolute atomic E-state index is 12.4. The Morgan fingerprint density at radius 1 is 1.32 bits per heavy atom. The van der Waals surface area contributed by atoms with Crippen LogP contribution in [0.2, 0.25) is 0 Å². The molecular weight excluding hydrogens is 348 g/mol. The van der Waals surface area contributed by atoms with Crippen molar-refractivity contribution in [2.24, 2.45) is 11.8 Å². The third kappa shape index (κ3) is 3.04. The third-order valence-electron chi connectivity index (χ3n) is 7.39. The second-order valence-electron chi connectivity index (χ2n) is 9.12. The van der Waals surface area contributed by atoms with E-state index in [-0.39, 0.29) is 11.4 Å². The topological polar surface area (TPSA) is 42.4 Å². The van der Waals surface area contributed by atoms with Crippen LogP contribution in [0.15, 0.2) is 42.7 Å². The fourth-order valence-electron chi connectivity index (χ4n) is 5.26. The number of rotatable bonds is 4. The van der Waals surface area contributed by atoms with Crippen LogP contribution in [0.5, 0.6) is 5.75 Å². The van der Waals surface area contributed by atoms with Crippen LogP contribution in [0.4, 0.5) is 0 Å². The van der Waals surface area contributed by atoms with E-state index in [0.717, 1.165) is 12.3 Å². The molecule has 4 heteroatoms. The van der Waals surface area contributed by atoms with Gasteiger partial charge in [-0.15, -0.1) is 0 Å². The lowest BCUT2D eigenvalue weighted by Crippen LogP contribution is -2.58. The predicted octanol–water partition coefficient (Wildman–Crippen LogP) is 4.24. The number of carbonyl (C=O) groups excluding carboxylic acids is 1. The number of carbonyl (C=O) groups is 1. The molecule has 2 aromatic rings. The number of piperidine rings is 1. The molecule has 1 saturated heterocycles. The van der Waals surface area contributed by atoms with E-state index in [1.807, 2.05) is 6.07 Å². The van der Waals surface area contributed by atoms with E-state index in [1.165, 1.54) is 43.5 Å². The fraction of sp³-hybridized carbons (Fsp3) is 0.500. The number of aromatic nitrogens is 1. The molecule has 1 aromatic carbocycles. The molecule has 1 unspecified atom stereocenters. The highest BCUT2D eigenvalue weighted by molar-refractivity contribution is 5.90. The standard InChI is InChI=1S/C24H28N2O2/c1-16-22-12-18-7-8-20(28-23(27)19-4-3-10-25-14-19)13-21(18)24(16,2)9-11-26(22)15-17-5-6-17/h3-4,7-8,10,13-14,16-17,22H,5-6,9,11-12,15H2,1-2H3/t16-,22?,24-/m0/s1. The molecule has 3 aliphatic rings. The summed E-state index contributed by atoms with van der Waals surface area (Å²) in [6, 6.07) is 10.4. The Morgan fingerprint density at radius 3 is 2.93 bits per heavy atom. The maximum atomic E-state index is 12.4. The average Bonchev–Trinajstić information content (AvgIpc) is 3.52. The number of fused-ring (bicyclic) bond motifs is 4. The van der Waals surface area contributed by atoms with E-state index in [0.29, 0.717) is 23.3 Å². The lowest BCUT2D eigenvalue weighted by Gasteiger charge is -2.54. The quantitative estimate of drug-likeness (QED) is 0.591. The van der Waals surface area contributed by atoms with Crippen molar-refractivity contribution >= 4 is 5.97 Å². The number of likely N-dealkylation sites (tertiary alicyclic amines) is 1. The van der Waals surface area contributed by atoms with E-state index >= 15 is 0 Å². The second kappa shape index (κ2) is 6.70. The van der Waals surface area contributed by atoms with Gasteiger partial charge in [-0.3, -0.25) is 9.88 Å². The Hall–Kier alpha value is -2.20. The molecule has 0 radical (unpaired) electrons. The van der Waals surface area contributed by atoms with Gasteiger partial charge in [-0.25, -0.2) is 4.79 Å². The zero-order chi connectivity index (χ0) is 19.3. The van der Waals surface area contributed by atoms with Crippen LogP contribution >= 0.6 is 0 Å². The number of ether oxygens (including phenoxy) is 1. The molecule has 28 heavy (non-hydrogen) atoms. The summed E-state index contributed by atoms with van der Waals surface area (Å²) in [6.45, 7) is 7.28. The number of benzene rings is 1. The summed E-state index contributed by atoms with van der Waals surface area (Å²) in [4.78, 5) is 19.2. The van der Waals surface area contributed by atoms with E-state index in [9.17, 15) is 4.79 Å². The molecule has 146 valence electrons. The molecule has 1 aliphatic heterocycles. The molecule has 4 nitrogen and oxygen atoms in total. The van der Waals surface area contributed by atoms with E-state index in [4.69, 9.17) is 4.74 Å². The monoisotopic (exact) mass is 376 g/mol. The van der Waals surface area contributed by atoms with Crippen molar-refractivity contribution in [3.63, 3.8) is 0 Å². The first-order valence-electron chi connectivity index (χ1n) is 10.5. The van der Waals surface area contributed by atoms with Crippen molar-refractivity contribution in [1.29, 1.82) is 0 Å². The summed E-state index contributed by atoms with van der Waals surface area (Å²) < 4.78 is 5.68. The summed E-state index contributed by atoms with van der Waals surface area (Å²) in [5.74, 6) is 1.84. The van der Waals surface area contributed by atoms with Crippen LogP contribution in [-0.4, -0.2) is 35.0 Å². The van der Waals surface area contributed by atoms with Crippen LogP contribution in [0.25, 0.3) is 0 Å². The molecule has 1 aromatic heterocycles. The van der Waals surface area contributed by atoms with Gasteiger partial charge in [0.05, 0.1) is 5.56 Å². The molecule has 2 bridgehead atoms. The molecular formula is C24H28N2O2. The first kappa shape index (κ1) is 17.9. The van der Waals surface area contributed by atoms with E-state index in [1.54, 1.807) is 24.5 Å². The minimum atomic E-state index is -0.348. The molecule has 0 amide bonds. The zero-order valence-corrected chi connectivity index (χ0v) is 16.7. The summed E-state index contributed by atoms with van der Waals surface area (Å²) in [5, 5.41) is 0. The van der Waals surface area contributed by atoms with Gasteiger partial charge in [0, 0.05) is 25.0 Å². The minimum Gasteiger partial charge on any atom is -0.423 e. The van der Waals surface area contributed by atoms with Gasteiger partial charge >= 0.3 is 5.97 Å². The molecule has 1 saturated carbocycles. The molecule has 5 rings (SSSR count). The van der Waals surface area contributed by atoms with E-state index < -0.39 is 0 Å². The Kier molecular flexibility index (Phi) is 4.27. The van der Waals surface area contributed by atoms with Crippen LogP contribution in [-0.2, 0) is 11.8 Å². The van der Waals surface area contributed by atoms with Gasteiger partial charge in [-0.1, -0.05) is 19.9 Å². The summed E-state index contributed by atoms with van der Waals surface area (Å²) >= 11 is 0. The molecule has 2 heterocycles. The Morgan fingerprint density at radius 2 is 2.18 bits per heavy atom. The van der Waals surface area contributed by atoms with Crippen LogP contribution in [0, 0.1) is 11.8 Å². The Labute approximate surface area is 166 Å². The van der Waals surface area contributed by atoms with Crippen molar-refractivity contribution in [3.8, 4) is 5.75 Å². The molecule has 0 N–H and O–H groups in total. The first-order valence-corrected chi connectivity index (χ1v) is 10.5. The Balaban J connectivity index is 1.41. The summed E-state index contributed by atoms with van der Waals surface area (Å²) in [6.07, 6.45) is 8.31. The number of pyridine rings is 1. The number of hydrogen-bond acceptors (Lipinski definition) is 4. The van der Waals surface area contributed by atoms with Crippen molar-refractivity contribution in [1.82, 2.24) is 9.88 Å².